The molecule has 2 aromatic carbocycles. The SMILES string of the molecule is COc1cc(N2CCC3(CCNCC3)CC2)ccc1Nc1ncc(Cl)c(Nc2ccccc2N(C)S(C)=O)n1. The van der Waals surface area contributed by atoms with Crippen LogP contribution in [0.4, 0.5) is 34.5 Å². The van der Waals surface area contributed by atoms with E-state index < -0.39 is 11.0 Å². The second-order valence-electron chi connectivity index (χ2n) is 10.2. The van der Waals surface area contributed by atoms with Crippen LogP contribution in [0.25, 0.3) is 0 Å². The Balaban J connectivity index is 1.31. The molecule has 0 saturated carbocycles. The lowest BCUT2D eigenvalue weighted by Gasteiger charge is -2.45. The molecule has 1 unspecified atom stereocenters. The summed E-state index contributed by atoms with van der Waals surface area (Å²) in [5, 5.41) is 10.4. The van der Waals surface area contributed by atoms with E-state index in [1.165, 1.54) is 25.7 Å². The summed E-state index contributed by atoms with van der Waals surface area (Å²) in [5.74, 6) is 1.54. The first kappa shape index (κ1) is 27.5. The van der Waals surface area contributed by atoms with Crippen LogP contribution in [-0.2, 0) is 11.0 Å². The van der Waals surface area contributed by atoms with E-state index >= 15 is 0 Å². The van der Waals surface area contributed by atoms with Crippen molar-refractivity contribution in [1.82, 2.24) is 15.3 Å². The standard InChI is InChI=1S/C28H36ClN7O2S/c1-35(39(3)37)24-7-5-4-6-22(24)32-26-21(29)19-31-27(34-26)33-23-9-8-20(18-25(23)38-2)36-16-12-28(13-17-36)10-14-30-15-11-28/h4-9,18-19,30H,10-17H2,1-3H3,(H2,31,32,33,34). The minimum absolute atomic E-state index is 0.370. The molecule has 9 nitrogen and oxygen atoms in total. The second kappa shape index (κ2) is 12.0. The quantitative estimate of drug-likeness (QED) is 0.335. The molecule has 2 fully saturated rings. The van der Waals surface area contributed by atoms with Crippen LogP contribution in [0.3, 0.4) is 0 Å². The van der Waals surface area contributed by atoms with E-state index in [-0.39, 0.29) is 0 Å². The number of anilines is 6. The van der Waals surface area contributed by atoms with Gasteiger partial charge in [0, 0.05) is 38.1 Å². The number of nitrogens with one attached hydrogen (secondary N) is 3. The fourth-order valence-corrected chi connectivity index (χ4v) is 6.01. The van der Waals surface area contributed by atoms with Crippen molar-refractivity contribution in [2.75, 3.05) is 66.4 Å². The van der Waals surface area contributed by atoms with Gasteiger partial charge in [-0.1, -0.05) is 23.7 Å². The summed E-state index contributed by atoms with van der Waals surface area (Å²) in [7, 11) is 2.26. The average Bonchev–Trinajstić information content (AvgIpc) is 2.96. The molecule has 0 aliphatic carbocycles. The smallest absolute Gasteiger partial charge is 0.229 e. The molecule has 3 aromatic rings. The highest BCUT2D eigenvalue weighted by atomic mass is 35.5. The average molecular weight is 570 g/mol. The van der Waals surface area contributed by atoms with E-state index in [2.05, 4.69) is 43.0 Å². The minimum atomic E-state index is -1.18. The Kier molecular flexibility index (Phi) is 8.44. The maximum absolute atomic E-state index is 12.1. The number of ether oxygens (including phenoxy) is 1. The van der Waals surface area contributed by atoms with E-state index in [0.29, 0.717) is 22.2 Å². The number of hydrogen-bond acceptors (Lipinski definition) is 8. The Labute approximate surface area is 237 Å². The van der Waals surface area contributed by atoms with Crippen molar-refractivity contribution in [3.05, 3.63) is 53.7 Å². The number of hydrogen-bond donors (Lipinski definition) is 3. The summed E-state index contributed by atoms with van der Waals surface area (Å²) in [6, 6.07) is 13.8. The van der Waals surface area contributed by atoms with Crippen molar-refractivity contribution in [2.45, 2.75) is 25.7 Å². The Bertz CT molecular complexity index is 1330. The number of rotatable bonds is 8. The van der Waals surface area contributed by atoms with Gasteiger partial charge < -0.3 is 25.6 Å². The van der Waals surface area contributed by atoms with Gasteiger partial charge in [0.15, 0.2) is 5.82 Å². The van der Waals surface area contributed by atoms with Gasteiger partial charge in [0.25, 0.3) is 0 Å². The Hall–Kier alpha value is -3.08. The van der Waals surface area contributed by atoms with Crippen molar-refractivity contribution in [1.29, 1.82) is 0 Å². The van der Waals surface area contributed by atoms with E-state index in [9.17, 15) is 4.21 Å². The van der Waals surface area contributed by atoms with Crippen LogP contribution in [0.1, 0.15) is 25.7 Å². The van der Waals surface area contributed by atoms with Crippen LogP contribution < -0.4 is 29.9 Å². The molecule has 2 aliphatic heterocycles. The number of benzene rings is 2. The molecule has 1 aromatic heterocycles. The lowest BCUT2D eigenvalue weighted by molar-refractivity contribution is 0.155. The monoisotopic (exact) mass is 569 g/mol. The Morgan fingerprint density at radius 1 is 1.08 bits per heavy atom. The Morgan fingerprint density at radius 3 is 2.54 bits per heavy atom. The molecule has 1 atom stereocenters. The third kappa shape index (κ3) is 6.23. The van der Waals surface area contributed by atoms with E-state index in [0.717, 1.165) is 54.7 Å². The lowest BCUT2D eigenvalue weighted by Crippen LogP contribution is -2.45. The van der Waals surface area contributed by atoms with Gasteiger partial charge in [0.2, 0.25) is 5.95 Å². The first-order chi connectivity index (χ1) is 18.9. The summed E-state index contributed by atoms with van der Waals surface area (Å²) in [6.07, 6.45) is 8.22. The summed E-state index contributed by atoms with van der Waals surface area (Å²) >= 11 is 6.44. The van der Waals surface area contributed by atoms with Gasteiger partial charge in [-0.2, -0.15) is 4.98 Å². The first-order valence-corrected chi connectivity index (χ1v) is 15.1. The van der Waals surface area contributed by atoms with Gasteiger partial charge in [-0.15, -0.1) is 0 Å². The van der Waals surface area contributed by atoms with Crippen LogP contribution >= 0.6 is 11.6 Å². The van der Waals surface area contributed by atoms with Crippen LogP contribution in [0.15, 0.2) is 48.7 Å². The first-order valence-electron chi connectivity index (χ1n) is 13.2. The molecule has 0 amide bonds. The lowest BCUT2D eigenvalue weighted by atomic mass is 9.71. The van der Waals surface area contributed by atoms with Crippen LogP contribution in [0, 0.1) is 5.41 Å². The summed E-state index contributed by atoms with van der Waals surface area (Å²) in [4.78, 5) is 11.4. The number of aromatic nitrogens is 2. The molecule has 11 heteroatoms. The van der Waals surface area contributed by atoms with Crippen LogP contribution in [0.5, 0.6) is 5.75 Å². The van der Waals surface area contributed by atoms with Crippen molar-refractivity contribution in [3.8, 4) is 5.75 Å². The summed E-state index contributed by atoms with van der Waals surface area (Å²) < 4.78 is 19.5. The molecule has 2 saturated heterocycles. The van der Waals surface area contributed by atoms with Crippen molar-refractivity contribution >= 4 is 57.1 Å². The number of halogens is 1. The van der Waals surface area contributed by atoms with Gasteiger partial charge in [0.1, 0.15) is 21.8 Å². The third-order valence-electron chi connectivity index (χ3n) is 7.91. The molecule has 2 aliphatic rings. The van der Waals surface area contributed by atoms with Gasteiger partial charge in [0.05, 0.1) is 30.4 Å². The molecular formula is C28H36ClN7O2S. The zero-order chi connectivity index (χ0) is 27.4. The molecule has 0 bridgehead atoms. The number of nitrogens with zero attached hydrogens (tertiary/aromatic N) is 4. The van der Waals surface area contributed by atoms with Gasteiger partial charge in [-0.3, -0.25) is 4.31 Å². The number of para-hydroxylation sites is 2. The van der Waals surface area contributed by atoms with Crippen molar-refractivity contribution < 1.29 is 8.95 Å². The molecule has 208 valence electrons. The van der Waals surface area contributed by atoms with E-state index in [1.54, 1.807) is 30.9 Å². The zero-order valence-corrected chi connectivity index (χ0v) is 24.2. The fraction of sp³-hybridized carbons (Fsp3) is 0.429. The van der Waals surface area contributed by atoms with E-state index in [4.69, 9.17) is 16.3 Å². The highest BCUT2D eigenvalue weighted by Gasteiger charge is 2.35. The number of piperidine rings is 2. The summed E-state index contributed by atoms with van der Waals surface area (Å²) in [5.41, 5.74) is 3.94. The van der Waals surface area contributed by atoms with Crippen LogP contribution in [-0.4, -0.2) is 60.8 Å². The highest BCUT2D eigenvalue weighted by molar-refractivity contribution is 7.85. The molecule has 3 heterocycles. The molecule has 0 radical (unpaired) electrons. The fourth-order valence-electron chi connectivity index (χ4n) is 5.43. The molecular weight excluding hydrogens is 534 g/mol. The van der Waals surface area contributed by atoms with Gasteiger partial charge >= 0.3 is 0 Å². The van der Waals surface area contributed by atoms with Crippen molar-refractivity contribution in [3.63, 3.8) is 0 Å². The third-order valence-corrected chi connectivity index (χ3v) is 9.16. The molecule has 39 heavy (non-hydrogen) atoms. The van der Waals surface area contributed by atoms with Gasteiger partial charge in [-0.05, 0) is 68.5 Å². The number of methoxy groups -OCH3 is 1. The zero-order valence-electron chi connectivity index (χ0n) is 22.7. The molecule has 3 N–H and O–H groups in total. The van der Waals surface area contributed by atoms with Gasteiger partial charge in [-0.25, -0.2) is 9.19 Å². The second-order valence-corrected chi connectivity index (χ2v) is 12.0. The van der Waals surface area contributed by atoms with Crippen molar-refractivity contribution in [2.24, 2.45) is 5.41 Å². The topological polar surface area (TPSA) is 94.6 Å². The normalized spacial score (nSPS) is 17.5. The molecule has 5 rings (SSSR count). The Morgan fingerprint density at radius 2 is 1.82 bits per heavy atom. The minimum Gasteiger partial charge on any atom is -0.494 e. The largest absolute Gasteiger partial charge is 0.494 e. The predicted molar refractivity (Wildman–Crippen MR) is 161 cm³/mol. The highest BCUT2D eigenvalue weighted by Crippen LogP contribution is 2.41. The molecule has 1 spiro atoms. The maximum atomic E-state index is 12.1. The predicted octanol–water partition coefficient (Wildman–Crippen LogP) is 5.33. The van der Waals surface area contributed by atoms with E-state index in [1.807, 2.05) is 30.3 Å². The summed E-state index contributed by atoms with van der Waals surface area (Å²) in [6.45, 7) is 4.41. The van der Waals surface area contributed by atoms with Crippen LogP contribution in [0.2, 0.25) is 5.02 Å². The maximum Gasteiger partial charge on any atom is 0.229 e.